The van der Waals surface area contributed by atoms with Gasteiger partial charge in [-0.1, -0.05) is 36.4 Å². The molecule has 0 bridgehead atoms. The number of hydrazine groups is 1. The molecule has 2 aliphatic rings. The Balaban J connectivity index is 1.52. The Labute approximate surface area is 165 Å². The highest BCUT2D eigenvalue weighted by Gasteiger charge is 2.43. The fourth-order valence-electron chi connectivity index (χ4n) is 4.69. The van der Waals surface area contributed by atoms with Crippen molar-refractivity contribution in [1.29, 1.82) is 0 Å². The topological polar surface area (TPSA) is 70.5 Å². The number of nitrogens with zero attached hydrogens (tertiary/aromatic N) is 2. The molecule has 0 saturated carbocycles. The average molecular weight is 371 g/mol. The summed E-state index contributed by atoms with van der Waals surface area (Å²) < 4.78 is 0. The zero-order chi connectivity index (χ0) is 19.1. The van der Waals surface area contributed by atoms with Gasteiger partial charge in [0, 0.05) is 35.6 Å². The second-order valence-corrected chi connectivity index (χ2v) is 7.62. The first-order valence-electron chi connectivity index (χ1n) is 9.78. The molecule has 1 saturated heterocycles. The summed E-state index contributed by atoms with van der Waals surface area (Å²) in [4.78, 5) is 2.44. The molecule has 0 spiro atoms. The summed E-state index contributed by atoms with van der Waals surface area (Å²) in [5, 5.41) is 5.55. The van der Waals surface area contributed by atoms with Crippen molar-refractivity contribution in [3.05, 3.63) is 84.4 Å². The summed E-state index contributed by atoms with van der Waals surface area (Å²) in [5.74, 6) is 6.71. The van der Waals surface area contributed by atoms with Gasteiger partial charge in [-0.15, -0.1) is 0 Å². The van der Waals surface area contributed by atoms with Crippen LogP contribution in [0.5, 0.6) is 0 Å². The predicted molar refractivity (Wildman–Crippen MR) is 115 cm³/mol. The number of fused-ring (bicyclic) bond motifs is 3. The molecule has 0 radical (unpaired) electrons. The van der Waals surface area contributed by atoms with Gasteiger partial charge in [0.2, 0.25) is 0 Å². The number of nitrogens with one attached hydrogen (secondary N) is 1. The van der Waals surface area contributed by atoms with Crippen LogP contribution < -0.4 is 26.8 Å². The number of piperidine rings is 1. The van der Waals surface area contributed by atoms with Gasteiger partial charge in [-0.05, 0) is 54.4 Å². The molecule has 0 aromatic heterocycles. The second kappa shape index (κ2) is 6.86. The SMILES string of the molecule is Nc1ccc2c(c1)C1CC(N(c3ccccc3)c3ccccc3)CNC1N2N. The van der Waals surface area contributed by atoms with Gasteiger partial charge in [-0.25, -0.2) is 5.84 Å². The van der Waals surface area contributed by atoms with Crippen molar-refractivity contribution in [3.63, 3.8) is 0 Å². The molecule has 5 heteroatoms. The molecule has 1 fully saturated rings. The summed E-state index contributed by atoms with van der Waals surface area (Å²) in [7, 11) is 0. The van der Waals surface area contributed by atoms with Gasteiger partial charge in [0.1, 0.15) is 6.17 Å². The normalized spacial score (nSPS) is 23.2. The molecule has 2 heterocycles. The molecule has 5 rings (SSSR count). The number of nitrogen functional groups attached to an aromatic ring is 1. The summed E-state index contributed by atoms with van der Waals surface area (Å²) in [5.41, 5.74) is 11.6. The fourth-order valence-corrected chi connectivity index (χ4v) is 4.69. The Morgan fingerprint density at radius 3 is 2.18 bits per heavy atom. The maximum Gasteiger partial charge on any atom is 0.102 e. The monoisotopic (exact) mass is 371 g/mol. The third-order valence-electron chi connectivity index (χ3n) is 5.93. The van der Waals surface area contributed by atoms with Crippen LogP contribution in [-0.2, 0) is 0 Å². The van der Waals surface area contributed by atoms with Crippen molar-refractivity contribution >= 4 is 22.7 Å². The van der Waals surface area contributed by atoms with Crippen LogP contribution in [0.15, 0.2) is 78.9 Å². The van der Waals surface area contributed by atoms with Gasteiger partial charge in [0.05, 0.1) is 5.69 Å². The van der Waals surface area contributed by atoms with E-state index in [-0.39, 0.29) is 6.17 Å². The van der Waals surface area contributed by atoms with E-state index in [0.29, 0.717) is 12.0 Å². The minimum absolute atomic E-state index is 0.112. The van der Waals surface area contributed by atoms with E-state index in [9.17, 15) is 0 Å². The average Bonchev–Trinajstić information content (AvgIpc) is 3.01. The van der Waals surface area contributed by atoms with Crippen molar-refractivity contribution in [1.82, 2.24) is 5.32 Å². The van der Waals surface area contributed by atoms with E-state index in [0.717, 1.165) is 24.3 Å². The molecule has 5 N–H and O–H groups in total. The first kappa shape index (κ1) is 17.1. The third-order valence-corrected chi connectivity index (χ3v) is 5.93. The zero-order valence-corrected chi connectivity index (χ0v) is 15.7. The van der Waals surface area contributed by atoms with Crippen LogP contribution in [0.2, 0.25) is 0 Å². The Hall–Kier alpha value is -3.02. The summed E-state index contributed by atoms with van der Waals surface area (Å²) in [6.07, 6.45) is 1.12. The van der Waals surface area contributed by atoms with Crippen LogP contribution in [0.25, 0.3) is 0 Å². The number of anilines is 4. The van der Waals surface area contributed by atoms with Gasteiger partial charge in [-0.3, -0.25) is 10.3 Å². The van der Waals surface area contributed by atoms with E-state index in [4.69, 9.17) is 11.6 Å². The highest BCUT2D eigenvalue weighted by Crippen LogP contribution is 2.45. The van der Waals surface area contributed by atoms with Gasteiger partial charge in [-0.2, -0.15) is 0 Å². The smallest absolute Gasteiger partial charge is 0.102 e. The van der Waals surface area contributed by atoms with Gasteiger partial charge in [0.15, 0.2) is 0 Å². The minimum atomic E-state index is 0.112. The minimum Gasteiger partial charge on any atom is -0.399 e. The highest BCUT2D eigenvalue weighted by molar-refractivity contribution is 5.67. The van der Waals surface area contributed by atoms with Crippen molar-refractivity contribution < 1.29 is 0 Å². The van der Waals surface area contributed by atoms with Crippen LogP contribution in [0.3, 0.4) is 0 Å². The summed E-state index contributed by atoms with van der Waals surface area (Å²) in [6.45, 7) is 0.863. The molecule has 3 unspecified atom stereocenters. The number of hydrogen-bond donors (Lipinski definition) is 3. The molecule has 142 valence electrons. The van der Waals surface area contributed by atoms with Crippen LogP contribution in [0, 0.1) is 0 Å². The summed E-state index contributed by atoms with van der Waals surface area (Å²) in [6, 6.07) is 27.6. The number of rotatable bonds is 3. The van der Waals surface area contributed by atoms with E-state index in [2.05, 4.69) is 76.9 Å². The summed E-state index contributed by atoms with van der Waals surface area (Å²) >= 11 is 0. The number of hydrogen-bond acceptors (Lipinski definition) is 5. The van der Waals surface area contributed by atoms with Gasteiger partial charge >= 0.3 is 0 Å². The number of para-hydroxylation sites is 2. The molecular weight excluding hydrogens is 346 g/mol. The lowest BCUT2D eigenvalue weighted by Gasteiger charge is -2.42. The van der Waals surface area contributed by atoms with E-state index in [1.165, 1.54) is 16.9 Å². The van der Waals surface area contributed by atoms with Crippen LogP contribution in [0.4, 0.5) is 22.7 Å². The van der Waals surface area contributed by atoms with E-state index >= 15 is 0 Å². The van der Waals surface area contributed by atoms with Crippen LogP contribution >= 0.6 is 0 Å². The third kappa shape index (κ3) is 2.80. The first-order valence-corrected chi connectivity index (χ1v) is 9.78. The zero-order valence-electron chi connectivity index (χ0n) is 15.7. The van der Waals surface area contributed by atoms with Crippen LogP contribution in [-0.4, -0.2) is 18.8 Å². The lowest BCUT2D eigenvalue weighted by Crippen LogP contribution is -2.57. The van der Waals surface area contributed by atoms with E-state index in [1.54, 1.807) is 0 Å². The molecule has 0 aliphatic carbocycles. The van der Waals surface area contributed by atoms with Gasteiger partial charge < -0.3 is 10.6 Å². The van der Waals surface area contributed by atoms with Crippen molar-refractivity contribution in [2.24, 2.45) is 5.84 Å². The molecular formula is C23H25N5. The second-order valence-electron chi connectivity index (χ2n) is 7.62. The van der Waals surface area contributed by atoms with E-state index < -0.39 is 0 Å². The number of nitrogens with two attached hydrogens (primary N) is 2. The molecule has 3 aromatic carbocycles. The molecule has 3 atom stereocenters. The first-order chi connectivity index (χ1) is 13.7. The van der Waals surface area contributed by atoms with Gasteiger partial charge in [0.25, 0.3) is 0 Å². The maximum absolute atomic E-state index is 6.41. The molecule has 2 aliphatic heterocycles. The molecule has 5 nitrogen and oxygen atoms in total. The van der Waals surface area contributed by atoms with Crippen molar-refractivity contribution in [2.75, 3.05) is 22.2 Å². The Kier molecular flexibility index (Phi) is 4.19. The Morgan fingerprint density at radius 2 is 1.54 bits per heavy atom. The largest absolute Gasteiger partial charge is 0.399 e. The predicted octanol–water partition coefficient (Wildman–Crippen LogP) is 3.57. The fraction of sp³-hybridized carbons (Fsp3) is 0.217. The van der Waals surface area contributed by atoms with E-state index in [1.807, 2.05) is 17.1 Å². The standard InChI is InChI=1S/C23H25N5/c24-16-11-12-22-20(13-16)21-14-19(15-26-23(21)28(22)25)27(17-7-3-1-4-8-17)18-9-5-2-6-10-18/h1-13,19,21,23,26H,14-15,24-25H2. The van der Waals surface area contributed by atoms with Crippen molar-refractivity contribution in [3.8, 4) is 0 Å². The molecule has 0 amide bonds. The quantitative estimate of drug-likeness (QED) is 0.485. The molecule has 3 aromatic rings. The van der Waals surface area contributed by atoms with Crippen molar-refractivity contribution in [2.45, 2.75) is 24.5 Å². The number of benzene rings is 3. The maximum atomic E-state index is 6.41. The Morgan fingerprint density at radius 1 is 0.893 bits per heavy atom. The van der Waals surface area contributed by atoms with Crippen LogP contribution in [0.1, 0.15) is 17.9 Å². The molecule has 28 heavy (non-hydrogen) atoms. The lowest BCUT2D eigenvalue weighted by molar-refractivity contribution is 0.328. The highest BCUT2D eigenvalue weighted by atomic mass is 15.5. The lowest BCUT2D eigenvalue weighted by atomic mass is 9.87. The Bertz CT molecular complexity index is 920.